The van der Waals surface area contributed by atoms with Gasteiger partial charge in [0, 0.05) is 10.6 Å². The zero-order chi connectivity index (χ0) is 21.5. The number of nitrogens with zero attached hydrogens (tertiary/aromatic N) is 1. The van der Waals surface area contributed by atoms with Gasteiger partial charge < -0.3 is 10.1 Å². The average Bonchev–Trinajstić information content (AvgIpc) is 2.73. The fourth-order valence-electron chi connectivity index (χ4n) is 2.61. The van der Waals surface area contributed by atoms with Crippen LogP contribution in [0.4, 0.5) is 10.1 Å². The molecule has 0 aliphatic rings. The van der Waals surface area contributed by atoms with Gasteiger partial charge in [-0.3, -0.25) is 4.79 Å². The Bertz CT molecular complexity index is 1160. The van der Waals surface area contributed by atoms with Gasteiger partial charge in [-0.2, -0.15) is 5.26 Å². The largest absolute Gasteiger partial charge is 0.488 e. The van der Waals surface area contributed by atoms with E-state index in [1.807, 2.05) is 6.07 Å². The first-order valence-corrected chi connectivity index (χ1v) is 9.56. The van der Waals surface area contributed by atoms with Crippen molar-refractivity contribution in [3.63, 3.8) is 0 Å². The second-order valence-electron chi connectivity index (χ2n) is 6.20. The Morgan fingerprint density at radius 2 is 1.90 bits per heavy atom. The highest BCUT2D eigenvalue weighted by molar-refractivity contribution is 6.34. The average molecular weight is 441 g/mol. The van der Waals surface area contributed by atoms with Crippen LogP contribution in [0.3, 0.4) is 0 Å². The Morgan fingerprint density at radius 3 is 2.63 bits per heavy atom. The monoisotopic (exact) mass is 440 g/mol. The summed E-state index contributed by atoms with van der Waals surface area (Å²) in [5.41, 5.74) is 1.30. The number of rotatable bonds is 6. The molecule has 0 aliphatic carbocycles. The maximum atomic E-state index is 13.4. The fourth-order valence-corrected chi connectivity index (χ4v) is 2.97. The number of nitriles is 1. The maximum Gasteiger partial charge on any atom is 0.266 e. The van der Waals surface area contributed by atoms with Crippen molar-refractivity contribution >= 4 is 40.9 Å². The summed E-state index contributed by atoms with van der Waals surface area (Å²) in [7, 11) is 0. The van der Waals surface area contributed by atoms with Gasteiger partial charge in [0.25, 0.3) is 5.91 Å². The number of amides is 1. The Hall–Kier alpha value is -3.33. The lowest BCUT2D eigenvalue weighted by Crippen LogP contribution is -2.13. The summed E-state index contributed by atoms with van der Waals surface area (Å²) < 4.78 is 19.1. The zero-order valence-electron chi connectivity index (χ0n) is 15.5. The van der Waals surface area contributed by atoms with Gasteiger partial charge in [0.05, 0.1) is 10.7 Å². The summed E-state index contributed by atoms with van der Waals surface area (Å²) >= 11 is 12.1. The molecule has 1 amide bonds. The van der Waals surface area contributed by atoms with Crippen LogP contribution in [-0.4, -0.2) is 5.91 Å². The molecular formula is C23H15Cl2FN2O2. The van der Waals surface area contributed by atoms with Crippen molar-refractivity contribution in [2.45, 2.75) is 6.61 Å². The van der Waals surface area contributed by atoms with Crippen LogP contribution in [-0.2, 0) is 11.4 Å². The van der Waals surface area contributed by atoms with E-state index < -0.39 is 5.91 Å². The Morgan fingerprint density at radius 1 is 1.10 bits per heavy atom. The Balaban J connectivity index is 1.84. The van der Waals surface area contributed by atoms with Crippen molar-refractivity contribution < 1.29 is 13.9 Å². The standard InChI is InChI=1S/C23H15Cl2FN2O2/c24-18-8-9-22(30-14-15-4-3-5-19(26)10-15)16(12-18)11-17(13-27)23(29)28-21-7-2-1-6-20(21)25/h1-12H,14H2,(H,28,29)/b17-11+. The first-order valence-electron chi connectivity index (χ1n) is 8.81. The topological polar surface area (TPSA) is 62.1 Å². The number of carbonyl (C=O) groups excluding carboxylic acids is 1. The van der Waals surface area contributed by atoms with Gasteiger partial charge in [-0.25, -0.2) is 4.39 Å². The van der Waals surface area contributed by atoms with E-state index >= 15 is 0 Å². The molecule has 0 saturated heterocycles. The Kier molecular flexibility index (Phi) is 7.08. The molecule has 3 aromatic rings. The molecule has 1 N–H and O–H groups in total. The minimum absolute atomic E-state index is 0.105. The van der Waals surface area contributed by atoms with E-state index in [0.29, 0.717) is 32.6 Å². The van der Waals surface area contributed by atoms with Crippen molar-refractivity contribution in [3.8, 4) is 11.8 Å². The second kappa shape index (κ2) is 9.93. The lowest BCUT2D eigenvalue weighted by Gasteiger charge is -2.11. The number of hydrogen-bond donors (Lipinski definition) is 1. The number of nitrogens with one attached hydrogen (secondary N) is 1. The molecule has 0 heterocycles. The molecule has 0 aromatic heterocycles. The molecule has 3 rings (SSSR count). The van der Waals surface area contributed by atoms with Gasteiger partial charge in [0.1, 0.15) is 29.8 Å². The van der Waals surface area contributed by atoms with Gasteiger partial charge >= 0.3 is 0 Å². The molecule has 0 radical (unpaired) electrons. The van der Waals surface area contributed by atoms with Crippen LogP contribution in [0, 0.1) is 17.1 Å². The number of benzene rings is 3. The summed E-state index contributed by atoms with van der Waals surface area (Å²) in [6, 6.07) is 19.4. The van der Waals surface area contributed by atoms with Gasteiger partial charge in [-0.1, -0.05) is 47.5 Å². The number of carbonyl (C=O) groups is 1. The summed E-state index contributed by atoms with van der Waals surface area (Å²) in [4.78, 5) is 12.5. The number of anilines is 1. The summed E-state index contributed by atoms with van der Waals surface area (Å²) in [5, 5.41) is 12.8. The molecule has 0 atom stereocenters. The molecule has 0 aliphatic heterocycles. The van der Waals surface area contributed by atoms with Crippen LogP contribution < -0.4 is 10.1 Å². The number of para-hydroxylation sites is 1. The summed E-state index contributed by atoms with van der Waals surface area (Å²) in [6.07, 6.45) is 1.37. The van der Waals surface area contributed by atoms with Crippen LogP contribution in [0.25, 0.3) is 6.08 Å². The van der Waals surface area contributed by atoms with Crippen molar-refractivity contribution in [3.05, 3.63) is 99.3 Å². The molecule has 0 unspecified atom stereocenters. The van der Waals surface area contributed by atoms with Crippen molar-refractivity contribution in [2.24, 2.45) is 0 Å². The highest BCUT2D eigenvalue weighted by atomic mass is 35.5. The van der Waals surface area contributed by atoms with Crippen molar-refractivity contribution in [1.29, 1.82) is 5.26 Å². The lowest BCUT2D eigenvalue weighted by atomic mass is 10.1. The van der Waals surface area contributed by atoms with Crippen LogP contribution in [0.15, 0.2) is 72.3 Å². The van der Waals surface area contributed by atoms with E-state index in [1.165, 1.54) is 18.2 Å². The highest BCUT2D eigenvalue weighted by Crippen LogP contribution is 2.27. The number of ether oxygens (including phenoxy) is 1. The number of halogens is 3. The second-order valence-corrected chi connectivity index (χ2v) is 7.05. The molecule has 0 spiro atoms. The molecule has 3 aromatic carbocycles. The van der Waals surface area contributed by atoms with Gasteiger partial charge in [-0.05, 0) is 54.1 Å². The zero-order valence-corrected chi connectivity index (χ0v) is 17.0. The van der Waals surface area contributed by atoms with Crippen LogP contribution >= 0.6 is 23.2 Å². The minimum atomic E-state index is -0.623. The first-order chi connectivity index (χ1) is 14.5. The third-order valence-corrected chi connectivity index (χ3v) is 4.61. The third-order valence-electron chi connectivity index (χ3n) is 4.04. The number of hydrogen-bond acceptors (Lipinski definition) is 3. The first kappa shape index (κ1) is 21.4. The van der Waals surface area contributed by atoms with Gasteiger partial charge in [-0.15, -0.1) is 0 Å². The molecule has 30 heavy (non-hydrogen) atoms. The quantitative estimate of drug-likeness (QED) is 0.363. The molecule has 0 bridgehead atoms. The van der Waals surface area contributed by atoms with E-state index in [2.05, 4.69) is 5.32 Å². The van der Waals surface area contributed by atoms with Crippen LogP contribution in [0.2, 0.25) is 10.0 Å². The molecule has 0 saturated carbocycles. The predicted molar refractivity (Wildman–Crippen MR) is 116 cm³/mol. The van der Waals surface area contributed by atoms with E-state index in [0.717, 1.165) is 0 Å². The van der Waals surface area contributed by atoms with Gasteiger partial charge in [0.2, 0.25) is 0 Å². The van der Waals surface area contributed by atoms with Crippen molar-refractivity contribution in [2.75, 3.05) is 5.32 Å². The van der Waals surface area contributed by atoms with E-state index in [-0.39, 0.29) is 18.0 Å². The third kappa shape index (κ3) is 5.60. The maximum absolute atomic E-state index is 13.4. The molecule has 4 nitrogen and oxygen atoms in total. The normalized spacial score (nSPS) is 10.9. The minimum Gasteiger partial charge on any atom is -0.488 e. The van der Waals surface area contributed by atoms with E-state index in [1.54, 1.807) is 54.6 Å². The van der Waals surface area contributed by atoms with E-state index in [4.69, 9.17) is 27.9 Å². The van der Waals surface area contributed by atoms with Crippen molar-refractivity contribution in [1.82, 2.24) is 0 Å². The summed E-state index contributed by atoms with van der Waals surface area (Å²) in [5.74, 6) is -0.598. The van der Waals surface area contributed by atoms with Crippen LogP contribution in [0.5, 0.6) is 5.75 Å². The lowest BCUT2D eigenvalue weighted by molar-refractivity contribution is -0.112. The molecule has 150 valence electrons. The van der Waals surface area contributed by atoms with Crippen LogP contribution in [0.1, 0.15) is 11.1 Å². The SMILES string of the molecule is N#C/C(=C\c1cc(Cl)ccc1OCc1cccc(F)c1)C(=O)Nc1ccccc1Cl. The molecular weight excluding hydrogens is 426 g/mol. The van der Waals surface area contributed by atoms with Gasteiger partial charge in [0.15, 0.2) is 0 Å². The molecule has 7 heteroatoms. The smallest absolute Gasteiger partial charge is 0.266 e. The predicted octanol–water partition coefficient (Wildman–Crippen LogP) is 6.26. The highest BCUT2D eigenvalue weighted by Gasteiger charge is 2.13. The van der Waals surface area contributed by atoms with E-state index in [9.17, 15) is 14.4 Å². The summed E-state index contributed by atoms with van der Waals surface area (Å²) in [6.45, 7) is 0.105. The molecule has 0 fully saturated rings. The fraction of sp³-hybridized carbons (Fsp3) is 0.0435. The Labute approximate surface area is 183 Å².